The highest BCUT2D eigenvalue weighted by atomic mass is 16.5. The van der Waals surface area contributed by atoms with Gasteiger partial charge in [-0.15, -0.1) is 0 Å². The van der Waals surface area contributed by atoms with Crippen molar-refractivity contribution in [2.75, 3.05) is 6.54 Å². The molecule has 0 unspecified atom stereocenters. The summed E-state index contributed by atoms with van der Waals surface area (Å²) < 4.78 is 0. The van der Waals surface area contributed by atoms with Gasteiger partial charge in [0, 0.05) is 12.6 Å². The van der Waals surface area contributed by atoms with Crippen molar-refractivity contribution in [1.82, 2.24) is 15.7 Å². The summed E-state index contributed by atoms with van der Waals surface area (Å²) in [6, 6.07) is -0.376. The predicted octanol–water partition coefficient (Wildman–Crippen LogP) is 1.10. The maximum Gasteiger partial charge on any atom is 0.272 e. The Hall–Kier alpha value is -1.67. The topological polar surface area (TPSA) is 119 Å². The van der Waals surface area contributed by atoms with E-state index in [-0.39, 0.29) is 17.9 Å². The smallest absolute Gasteiger partial charge is 0.272 e. The van der Waals surface area contributed by atoms with Gasteiger partial charge in [0.1, 0.15) is 12.1 Å². The van der Waals surface area contributed by atoms with Crippen LogP contribution in [0.4, 0.5) is 0 Å². The molecule has 4 N–H and O–H groups in total. The van der Waals surface area contributed by atoms with Crippen molar-refractivity contribution in [2.45, 2.75) is 89.3 Å². The predicted molar refractivity (Wildman–Crippen MR) is 98.7 cm³/mol. The van der Waals surface area contributed by atoms with Crippen LogP contribution in [0.3, 0.4) is 0 Å². The van der Waals surface area contributed by atoms with Crippen LogP contribution >= 0.6 is 0 Å². The van der Waals surface area contributed by atoms with Gasteiger partial charge in [0.2, 0.25) is 11.8 Å². The monoisotopic (exact) mass is 383 g/mol. The van der Waals surface area contributed by atoms with Crippen LogP contribution in [0.1, 0.15) is 71.1 Å². The number of aliphatic hydroxyl groups is 1. The van der Waals surface area contributed by atoms with Gasteiger partial charge in [0.15, 0.2) is 0 Å². The van der Waals surface area contributed by atoms with E-state index in [2.05, 4.69) is 5.32 Å². The summed E-state index contributed by atoms with van der Waals surface area (Å²) in [6.45, 7) is 2.40. The molecular weight excluding hydrogens is 350 g/mol. The van der Waals surface area contributed by atoms with Gasteiger partial charge in [0.25, 0.3) is 5.91 Å². The Kier molecular flexibility index (Phi) is 8.50. The van der Waals surface area contributed by atoms with Crippen LogP contribution in [0.5, 0.6) is 0 Å². The van der Waals surface area contributed by atoms with Gasteiger partial charge in [-0.05, 0) is 32.1 Å². The van der Waals surface area contributed by atoms with Crippen LogP contribution < -0.4 is 10.8 Å². The fraction of sp³-hybridized carbons (Fsp3) is 0.842. The number of nitrogens with one attached hydrogen (secondary N) is 2. The molecule has 1 saturated carbocycles. The Labute approximate surface area is 160 Å². The second kappa shape index (κ2) is 10.6. The maximum absolute atomic E-state index is 13.0. The van der Waals surface area contributed by atoms with Crippen LogP contribution in [-0.2, 0) is 14.4 Å². The lowest BCUT2D eigenvalue weighted by Gasteiger charge is -2.31. The molecule has 0 bridgehead atoms. The zero-order chi connectivity index (χ0) is 19.8. The first-order valence-corrected chi connectivity index (χ1v) is 10.2. The first-order valence-electron chi connectivity index (χ1n) is 10.2. The molecule has 0 aromatic heterocycles. The minimum atomic E-state index is -1.63. The number of nitrogens with zero attached hydrogens (tertiary/aromatic N) is 1. The molecule has 1 aliphatic carbocycles. The maximum atomic E-state index is 13.0. The first-order chi connectivity index (χ1) is 13.0. The molecule has 1 aliphatic heterocycles. The Morgan fingerprint density at radius 2 is 1.81 bits per heavy atom. The van der Waals surface area contributed by atoms with E-state index in [1.807, 2.05) is 6.92 Å². The molecule has 8 nitrogen and oxygen atoms in total. The molecule has 0 spiro atoms. The number of rotatable bonds is 8. The van der Waals surface area contributed by atoms with Crippen LogP contribution in [0.15, 0.2) is 0 Å². The summed E-state index contributed by atoms with van der Waals surface area (Å²) >= 11 is 0. The van der Waals surface area contributed by atoms with Crippen molar-refractivity contribution < 1.29 is 24.7 Å². The Balaban J connectivity index is 2.05. The van der Waals surface area contributed by atoms with E-state index < -0.39 is 24.0 Å². The average molecular weight is 383 g/mol. The zero-order valence-electron chi connectivity index (χ0n) is 16.2. The highest BCUT2D eigenvalue weighted by molar-refractivity contribution is 5.92. The van der Waals surface area contributed by atoms with E-state index in [0.29, 0.717) is 25.8 Å². The van der Waals surface area contributed by atoms with Gasteiger partial charge in [-0.3, -0.25) is 19.6 Å². The number of unbranched alkanes of at least 4 members (excludes halogenated alkanes) is 1. The van der Waals surface area contributed by atoms with Gasteiger partial charge in [-0.2, -0.15) is 0 Å². The van der Waals surface area contributed by atoms with Gasteiger partial charge < -0.3 is 15.3 Å². The minimum absolute atomic E-state index is 0.136. The summed E-state index contributed by atoms with van der Waals surface area (Å²) in [5, 5.41) is 22.1. The van der Waals surface area contributed by atoms with Gasteiger partial charge in [-0.1, -0.05) is 39.0 Å². The van der Waals surface area contributed by atoms with E-state index in [0.717, 1.165) is 38.5 Å². The van der Waals surface area contributed by atoms with Crippen molar-refractivity contribution in [1.29, 1.82) is 0 Å². The molecule has 2 fully saturated rings. The number of aliphatic hydroxyl groups excluding tert-OH is 1. The van der Waals surface area contributed by atoms with E-state index in [1.165, 1.54) is 16.8 Å². The molecule has 1 saturated heterocycles. The lowest BCUT2D eigenvalue weighted by Crippen LogP contribution is -2.53. The van der Waals surface area contributed by atoms with Gasteiger partial charge in [0.05, 0.1) is 5.92 Å². The number of carbonyl (C=O) groups is 3. The van der Waals surface area contributed by atoms with Crippen LogP contribution in [0.2, 0.25) is 0 Å². The summed E-state index contributed by atoms with van der Waals surface area (Å²) in [6.07, 6.45) is 6.85. The Morgan fingerprint density at radius 1 is 1.11 bits per heavy atom. The second-order valence-electron chi connectivity index (χ2n) is 7.70. The molecule has 2 aliphatic rings. The highest BCUT2D eigenvalue weighted by Gasteiger charge is 2.41. The number of hydrogen-bond donors (Lipinski definition) is 4. The minimum Gasteiger partial charge on any atom is -0.382 e. The SMILES string of the molecule is CCCC[C@@H](C(=O)N1CCC[C@H]1C(=O)NC1CCCCC1)[C@H](O)C(=O)NO. The number of amides is 3. The standard InChI is InChI=1S/C19H33N3O5/c1-2-3-10-14(16(23)18(25)21-27)19(26)22-12-7-11-15(22)17(24)20-13-8-5-4-6-9-13/h13-16,23,27H,2-12H2,1H3,(H,20,24)(H,21,25)/t14-,15+,16+/m1/s1. The summed E-state index contributed by atoms with van der Waals surface area (Å²) in [7, 11) is 0. The Morgan fingerprint density at radius 3 is 2.44 bits per heavy atom. The third-order valence-corrected chi connectivity index (χ3v) is 5.74. The number of likely N-dealkylation sites (tertiary alicyclic amines) is 1. The normalized spacial score (nSPS) is 22.9. The molecule has 0 radical (unpaired) electrons. The molecule has 1 heterocycles. The summed E-state index contributed by atoms with van der Waals surface area (Å²) in [5.74, 6) is -2.48. The van der Waals surface area contributed by atoms with E-state index >= 15 is 0 Å². The van der Waals surface area contributed by atoms with E-state index in [4.69, 9.17) is 5.21 Å². The largest absolute Gasteiger partial charge is 0.382 e. The first kappa shape index (κ1) is 21.6. The number of hydroxylamine groups is 1. The number of carbonyl (C=O) groups excluding carboxylic acids is 3. The molecule has 27 heavy (non-hydrogen) atoms. The van der Waals surface area contributed by atoms with E-state index in [9.17, 15) is 19.5 Å². The third kappa shape index (κ3) is 5.65. The van der Waals surface area contributed by atoms with Crippen LogP contribution in [0.25, 0.3) is 0 Å². The fourth-order valence-electron chi connectivity index (χ4n) is 4.15. The molecule has 3 amide bonds. The van der Waals surface area contributed by atoms with Crippen molar-refractivity contribution in [3.05, 3.63) is 0 Å². The molecular formula is C19H33N3O5. The van der Waals surface area contributed by atoms with Crippen molar-refractivity contribution in [2.24, 2.45) is 5.92 Å². The van der Waals surface area contributed by atoms with E-state index in [1.54, 1.807) is 0 Å². The Bertz CT molecular complexity index is 521. The van der Waals surface area contributed by atoms with Crippen LogP contribution in [0, 0.1) is 5.92 Å². The lowest BCUT2D eigenvalue weighted by atomic mass is 9.93. The van der Waals surface area contributed by atoms with Gasteiger partial charge in [-0.25, -0.2) is 5.48 Å². The molecule has 8 heteroatoms. The zero-order valence-corrected chi connectivity index (χ0v) is 16.2. The summed E-state index contributed by atoms with van der Waals surface area (Å²) in [5.41, 5.74) is 1.42. The quantitative estimate of drug-likeness (QED) is 0.370. The molecule has 3 atom stereocenters. The van der Waals surface area contributed by atoms with Crippen molar-refractivity contribution in [3.63, 3.8) is 0 Å². The second-order valence-corrected chi connectivity index (χ2v) is 7.70. The average Bonchev–Trinajstić information content (AvgIpc) is 3.18. The number of hydrogen-bond acceptors (Lipinski definition) is 5. The third-order valence-electron chi connectivity index (χ3n) is 5.74. The molecule has 0 aromatic rings. The molecule has 154 valence electrons. The lowest BCUT2D eigenvalue weighted by molar-refractivity contribution is -0.152. The van der Waals surface area contributed by atoms with Gasteiger partial charge >= 0.3 is 0 Å². The van der Waals surface area contributed by atoms with Crippen LogP contribution in [-0.4, -0.2) is 57.7 Å². The molecule has 2 rings (SSSR count). The van der Waals surface area contributed by atoms with Crippen molar-refractivity contribution in [3.8, 4) is 0 Å². The van der Waals surface area contributed by atoms with Crippen molar-refractivity contribution >= 4 is 17.7 Å². The summed E-state index contributed by atoms with van der Waals surface area (Å²) in [4.78, 5) is 38.9. The fourth-order valence-corrected chi connectivity index (χ4v) is 4.15. The highest BCUT2D eigenvalue weighted by Crippen LogP contribution is 2.25. The molecule has 0 aromatic carbocycles.